The molecule has 0 bridgehead atoms. The second-order valence-electron chi connectivity index (χ2n) is 5.82. The molecule has 0 amide bonds. The SMILES string of the molecule is CCC(C(=CC(C)(C)C)C(=O)O)c1ccc(O)cc1. The summed E-state index contributed by atoms with van der Waals surface area (Å²) in [5.74, 6) is -0.845. The van der Waals surface area contributed by atoms with E-state index in [1.807, 2.05) is 33.8 Å². The van der Waals surface area contributed by atoms with Gasteiger partial charge in [0.25, 0.3) is 0 Å². The zero-order chi connectivity index (χ0) is 14.6. The number of carboxylic acid groups (broad SMARTS) is 1. The minimum absolute atomic E-state index is 0.155. The molecule has 104 valence electrons. The molecule has 0 saturated carbocycles. The Labute approximate surface area is 114 Å². The lowest BCUT2D eigenvalue weighted by molar-refractivity contribution is -0.133. The van der Waals surface area contributed by atoms with E-state index in [1.54, 1.807) is 24.3 Å². The Bertz CT molecular complexity index is 464. The Balaban J connectivity index is 3.22. The first kappa shape index (κ1) is 15.3. The summed E-state index contributed by atoms with van der Waals surface area (Å²) in [5.41, 5.74) is 1.15. The first-order valence-corrected chi connectivity index (χ1v) is 6.49. The van der Waals surface area contributed by atoms with E-state index in [1.165, 1.54) is 0 Å². The molecule has 19 heavy (non-hydrogen) atoms. The van der Waals surface area contributed by atoms with Gasteiger partial charge in [0.1, 0.15) is 5.75 Å². The van der Waals surface area contributed by atoms with E-state index in [0.717, 1.165) is 5.56 Å². The van der Waals surface area contributed by atoms with Crippen molar-refractivity contribution < 1.29 is 15.0 Å². The fraction of sp³-hybridized carbons (Fsp3) is 0.438. The highest BCUT2D eigenvalue weighted by Gasteiger charge is 2.23. The molecule has 1 aromatic rings. The van der Waals surface area contributed by atoms with Crippen LogP contribution in [0.25, 0.3) is 0 Å². The van der Waals surface area contributed by atoms with Crippen molar-refractivity contribution in [2.24, 2.45) is 5.41 Å². The van der Waals surface area contributed by atoms with Gasteiger partial charge < -0.3 is 10.2 Å². The zero-order valence-electron chi connectivity index (χ0n) is 12.0. The Morgan fingerprint density at radius 1 is 1.26 bits per heavy atom. The van der Waals surface area contributed by atoms with E-state index in [2.05, 4.69) is 0 Å². The van der Waals surface area contributed by atoms with E-state index >= 15 is 0 Å². The van der Waals surface area contributed by atoms with Crippen LogP contribution in [0.5, 0.6) is 5.75 Å². The standard InChI is InChI=1S/C16H22O3/c1-5-13(11-6-8-12(17)9-7-11)14(15(18)19)10-16(2,3)4/h6-10,13,17H,5H2,1-4H3,(H,18,19). The van der Waals surface area contributed by atoms with Crippen LogP contribution >= 0.6 is 0 Å². The Morgan fingerprint density at radius 3 is 2.16 bits per heavy atom. The number of hydrogen-bond donors (Lipinski definition) is 2. The number of aromatic hydroxyl groups is 1. The lowest BCUT2D eigenvalue weighted by Crippen LogP contribution is -2.14. The van der Waals surface area contributed by atoms with Gasteiger partial charge >= 0.3 is 5.97 Å². The molecular weight excluding hydrogens is 240 g/mol. The Kier molecular flexibility index (Phi) is 4.76. The highest BCUT2D eigenvalue weighted by Crippen LogP contribution is 2.32. The van der Waals surface area contributed by atoms with Crippen LogP contribution in [0, 0.1) is 5.41 Å². The first-order chi connectivity index (χ1) is 8.74. The first-order valence-electron chi connectivity index (χ1n) is 6.49. The van der Waals surface area contributed by atoms with E-state index in [9.17, 15) is 15.0 Å². The minimum Gasteiger partial charge on any atom is -0.508 e. The van der Waals surface area contributed by atoms with Crippen molar-refractivity contribution in [3.63, 3.8) is 0 Å². The van der Waals surface area contributed by atoms with Gasteiger partial charge in [0.05, 0.1) is 0 Å². The predicted molar refractivity (Wildman–Crippen MR) is 76.3 cm³/mol. The molecule has 0 aliphatic heterocycles. The van der Waals surface area contributed by atoms with Gasteiger partial charge in [0.2, 0.25) is 0 Å². The van der Waals surface area contributed by atoms with Gasteiger partial charge in [-0.15, -0.1) is 0 Å². The van der Waals surface area contributed by atoms with E-state index in [-0.39, 0.29) is 17.1 Å². The molecule has 0 aliphatic rings. The number of phenolic OH excluding ortho intramolecular Hbond substituents is 1. The van der Waals surface area contributed by atoms with Gasteiger partial charge in [-0.3, -0.25) is 0 Å². The van der Waals surface area contributed by atoms with Crippen molar-refractivity contribution in [3.05, 3.63) is 41.5 Å². The fourth-order valence-corrected chi connectivity index (χ4v) is 2.12. The Hall–Kier alpha value is -1.77. The van der Waals surface area contributed by atoms with Crippen molar-refractivity contribution in [2.75, 3.05) is 0 Å². The van der Waals surface area contributed by atoms with Crippen LogP contribution in [-0.4, -0.2) is 16.2 Å². The summed E-state index contributed by atoms with van der Waals surface area (Å²) in [6.07, 6.45) is 2.52. The van der Waals surface area contributed by atoms with Crippen LogP contribution in [0.3, 0.4) is 0 Å². The highest BCUT2D eigenvalue weighted by atomic mass is 16.4. The molecule has 3 heteroatoms. The summed E-state index contributed by atoms with van der Waals surface area (Å²) < 4.78 is 0. The zero-order valence-corrected chi connectivity index (χ0v) is 12.0. The quantitative estimate of drug-likeness (QED) is 0.808. The van der Waals surface area contributed by atoms with Gasteiger partial charge in [-0.25, -0.2) is 4.79 Å². The molecule has 1 unspecified atom stereocenters. The van der Waals surface area contributed by atoms with Crippen LogP contribution < -0.4 is 0 Å². The van der Waals surface area contributed by atoms with E-state index < -0.39 is 5.97 Å². The number of allylic oxidation sites excluding steroid dienone is 1. The van der Waals surface area contributed by atoms with Crippen molar-refractivity contribution in [2.45, 2.75) is 40.0 Å². The summed E-state index contributed by atoms with van der Waals surface area (Å²) in [4.78, 5) is 11.5. The molecule has 0 heterocycles. The van der Waals surface area contributed by atoms with Crippen molar-refractivity contribution in [3.8, 4) is 5.75 Å². The number of benzene rings is 1. The lowest BCUT2D eigenvalue weighted by atomic mass is 9.83. The average Bonchev–Trinajstić information content (AvgIpc) is 2.29. The second kappa shape index (κ2) is 5.91. The summed E-state index contributed by atoms with van der Waals surface area (Å²) >= 11 is 0. The number of carbonyl (C=O) groups is 1. The third-order valence-electron chi connectivity index (χ3n) is 2.91. The maximum atomic E-state index is 11.5. The highest BCUT2D eigenvalue weighted by molar-refractivity contribution is 5.88. The Morgan fingerprint density at radius 2 is 1.79 bits per heavy atom. The maximum Gasteiger partial charge on any atom is 0.331 e. The number of hydrogen-bond acceptors (Lipinski definition) is 2. The van der Waals surface area contributed by atoms with Crippen LogP contribution in [-0.2, 0) is 4.79 Å². The molecule has 0 fully saturated rings. The molecule has 3 nitrogen and oxygen atoms in total. The number of carboxylic acids is 1. The molecule has 1 atom stereocenters. The third kappa shape index (κ3) is 4.43. The molecule has 0 aliphatic carbocycles. The monoisotopic (exact) mass is 262 g/mol. The normalized spacial score (nSPS) is 14.2. The van der Waals surface area contributed by atoms with Gasteiger partial charge in [-0.2, -0.15) is 0 Å². The smallest absolute Gasteiger partial charge is 0.331 e. The lowest BCUT2D eigenvalue weighted by Gasteiger charge is -2.21. The summed E-state index contributed by atoms with van der Waals surface area (Å²) in [6.45, 7) is 7.93. The number of rotatable bonds is 4. The third-order valence-corrected chi connectivity index (χ3v) is 2.91. The van der Waals surface area contributed by atoms with Gasteiger partial charge in [-0.1, -0.05) is 45.9 Å². The fourth-order valence-electron chi connectivity index (χ4n) is 2.12. The molecule has 0 radical (unpaired) electrons. The molecule has 0 saturated heterocycles. The minimum atomic E-state index is -0.880. The van der Waals surface area contributed by atoms with Crippen molar-refractivity contribution in [1.29, 1.82) is 0 Å². The van der Waals surface area contributed by atoms with E-state index in [4.69, 9.17) is 0 Å². The van der Waals surface area contributed by atoms with Gasteiger partial charge in [-0.05, 0) is 29.5 Å². The molecule has 1 aromatic carbocycles. The second-order valence-corrected chi connectivity index (χ2v) is 5.82. The van der Waals surface area contributed by atoms with Crippen molar-refractivity contribution >= 4 is 5.97 Å². The maximum absolute atomic E-state index is 11.5. The molecule has 0 spiro atoms. The summed E-state index contributed by atoms with van der Waals surface area (Å²) in [6, 6.07) is 6.75. The summed E-state index contributed by atoms with van der Waals surface area (Å²) in [5, 5.41) is 18.8. The number of phenols is 1. The molecule has 1 rings (SSSR count). The average molecular weight is 262 g/mol. The molecule has 2 N–H and O–H groups in total. The van der Waals surface area contributed by atoms with Crippen molar-refractivity contribution in [1.82, 2.24) is 0 Å². The van der Waals surface area contributed by atoms with Gasteiger partial charge in [0.15, 0.2) is 0 Å². The topological polar surface area (TPSA) is 57.5 Å². The largest absolute Gasteiger partial charge is 0.508 e. The van der Waals surface area contributed by atoms with Crippen LogP contribution in [0.4, 0.5) is 0 Å². The molecular formula is C16H22O3. The predicted octanol–water partition coefficient (Wildman–Crippen LogP) is 3.94. The van der Waals surface area contributed by atoms with Gasteiger partial charge in [0, 0.05) is 11.5 Å². The van der Waals surface area contributed by atoms with Crippen LogP contribution in [0.1, 0.15) is 45.6 Å². The van der Waals surface area contributed by atoms with Crippen LogP contribution in [0.2, 0.25) is 0 Å². The number of aliphatic carboxylic acids is 1. The van der Waals surface area contributed by atoms with E-state index in [0.29, 0.717) is 12.0 Å². The van der Waals surface area contributed by atoms with Crippen LogP contribution in [0.15, 0.2) is 35.9 Å². The summed E-state index contributed by atoms with van der Waals surface area (Å²) in [7, 11) is 0. The molecule has 0 aromatic heterocycles.